The van der Waals surface area contributed by atoms with Crippen molar-refractivity contribution in [3.8, 4) is 0 Å². The van der Waals surface area contributed by atoms with Gasteiger partial charge in [-0.25, -0.2) is 0 Å². The molecule has 0 aliphatic rings. The van der Waals surface area contributed by atoms with Crippen LogP contribution in [0.25, 0.3) is 0 Å². The Morgan fingerprint density at radius 2 is 1.95 bits per heavy atom. The topological polar surface area (TPSA) is 64.0 Å². The van der Waals surface area contributed by atoms with Crippen LogP contribution >= 0.6 is 0 Å². The first kappa shape index (κ1) is 16.4. The highest BCUT2D eigenvalue weighted by atomic mass is 16.2. The van der Waals surface area contributed by atoms with Crippen LogP contribution in [0.3, 0.4) is 0 Å². The summed E-state index contributed by atoms with van der Waals surface area (Å²) in [6.07, 6.45) is 1.68. The van der Waals surface area contributed by atoms with Crippen LogP contribution in [0, 0.1) is 5.92 Å². The molecule has 1 aromatic rings. The van der Waals surface area contributed by atoms with Crippen molar-refractivity contribution in [2.45, 2.75) is 60.0 Å². The van der Waals surface area contributed by atoms with Gasteiger partial charge >= 0.3 is 0 Å². The number of nitrogens with zero attached hydrogens (tertiary/aromatic N) is 2. The quantitative estimate of drug-likeness (QED) is 0.827. The fraction of sp³-hybridized carbons (Fsp3) is 0.667. The molecule has 5 heteroatoms. The molecule has 0 bridgehead atoms. The minimum atomic E-state index is -0.422. The first-order chi connectivity index (χ1) is 9.38. The Labute approximate surface area is 120 Å². The van der Waals surface area contributed by atoms with Crippen molar-refractivity contribution in [2.75, 3.05) is 0 Å². The molecule has 0 fully saturated rings. The molecule has 0 spiro atoms. The monoisotopic (exact) mass is 279 g/mol. The molecule has 1 unspecified atom stereocenters. The molecule has 0 aromatic carbocycles. The molecule has 0 saturated carbocycles. The van der Waals surface area contributed by atoms with Crippen molar-refractivity contribution < 1.29 is 9.59 Å². The van der Waals surface area contributed by atoms with E-state index < -0.39 is 6.04 Å². The Morgan fingerprint density at radius 3 is 2.40 bits per heavy atom. The Balaban J connectivity index is 2.75. The number of nitrogens with one attached hydrogen (secondary N) is 1. The Kier molecular flexibility index (Phi) is 5.92. The summed E-state index contributed by atoms with van der Waals surface area (Å²) in [5, 5.41) is 7.20. The average molecular weight is 279 g/mol. The minimum Gasteiger partial charge on any atom is -0.344 e. The third kappa shape index (κ3) is 4.18. The van der Waals surface area contributed by atoms with Crippen molar-refractivity contribution in [3.63, 3.8) is 0 Å². The predicted molar refractivity (Wildman–Crippen MR) is 78.4 cm³/mol. The predicted octanol–water partition coefficient (Wildman–Crippen LogP) is 1.74. The van der Waals surface area contributed by atoms with Crippen molar-refractivity contribution >= 4 is 11.7 Å². The first-order valence-corrected chi connectivity index (χ1v) is 7.24. The summed E-state index contributed by atoms with van der Waals surface area (Å²) in [7, 11) is 0. The Hall–Kier alpha value is -1.65. The highest BCUT2D eigenvalue weighted by molar-refractivity contribution is 5.87. The molecule has 1 heterocycles. The second kappa shape index (κ2) is 7.22. The highest BCUT2D eigenvalue weighted by Crippen LogP contribution is 2.07. The zero-order valence-electron chi connectivity index (χ0n) is 13.1. The van der Waals surface area contributed by atoms with Gasteiger partial charge in [0.25, 0.3) is 0 Å². The largest absolute Gasteiger partial charge is 0.344 e. The third-order valence-corrected chi connectivity index (χ3v) is 3.35. The van der Waals surface area contributed by atoms with E-state index in [1.54, 1.807) is 4.68 Å². The van der Waals surface area contributed by atoms with Crippen molar-refractivity contribution in [3.05, 3.63) is 17.5 Å². The maximum atomic E-state index is 12.1. The number of hydrogen-bond donors (Lipinski definition) is 1. The molecule has 0 aliphatic heterocycles. The highest BCUT2D eigenvalue weighted by Gasteiger charge is 2.21. The molecule has 0 aliphatic carbocycles. The maximum Gasteiger partial charge on any atom is 0.242 e. The van der Waals surface area contributed by atoms with Gasteiger partial charge in [-0.1, -0.05) is 27.7 Å². The number of carbonyl (C=O) groups is 2. The summed E-state index contributed by atoms with van der Waals surface area (Å²) >= 11 is 0. The van der Waals surface area contributed by atoms with E-state index in [-0.39, 0.29) is 24.2 Å². The van der Waals surface area contributed by atoms with Crippen LogP contribution in [0.1, 0.15) is 46.0 Å². The average Bonchev–Trinajstić information content (AvgIpc) is 2.77. The van der Waals surface area contributed by atoms with Gasteiger partial charge in [0.1, 0.15) is 6.54 Å². The van der Waals surface area contributed by atoms with E-state index in [1.165, 1.54) is 6.92 Å². The van der Waals surface area contributed by atoms with Gasteiger partial charge in [0, 0.05) is 5.69 Å². The molecule has 1 amide bonds. The normalized spacial score (nSPS) is 12.5. The molecule has 5 nitrogen and oxygen atoms in total. The van der Waals surface area contributed by atoms with Crippen LogP contribution in [0.2, 0.25) is 0 Å². The standard InChI is InChI=1S/C15H25N3O2/c1-6-12-8-13(7-2)18(17-12)9-14(20)16-15(10(3)4)11(5)19/h8,10,15H,6-7,9H2,1-5H3,(H,16,20). The van der Waals surface area contributed by atoms with Crippen molar-refractivity contribution in [2.24, 2.45) is 5.92 Å². The zero-order valence-corrected chi connectivity index (χ0v) is 13.1. The zero-order chi connectivity index (χ0) is 15.3. The maximum absolute atomic E-state index is 12.1. The van der Waals surface area contributed by atoms with E-state index in [4.69, 9.17) is 0 Å². The number of ketones is 1. The second-order valence-electron chi connectivity index (χ2n) is 5.39. The van der Waals surface area contributed by atoms with Crippen molar-refractivity contribution in [1.82, 2.24) is 15.1 Å². The van der Waals surface area contributed by atoms with Gasteiger partial charge in [-0.2, -0.15) is 5.10 Å². The molecule has 1 aromatic heterocycles. The molecule has 112 valence electrons. The van der Waals surface area contributed by atoms with E-state index in [1.807, 2.05) is 33.8 Å². The molecular weight excluding hydrogens is 254 g/mol. The first-order valence-electron chi connectivity index (χ1n) is 7.24. The van der Waals surface area contributed by atoms with Crippen LogP contribution < -0.4 is 5.32 Å². The second-order valence-corrected chi connectivity index (χ2v) is 5.39. The lowest BCUT2D eigenvalue weighted by Gasteiger charge is -2.19. The third-order valence-electron chi connectivity index (χ3n) is 3.35. The van der Waals surface area contributed by atoms with Gasteiger partial charge in [0.05, 0.1) is 11.7 Å². The number of rotatable bonds is 7. The summed E-state index contributed by atoms with van der Waals surface area (Å²) in [5.74, 6) is -0.0935. The van der Waals surface area contributed by atoms with Gasteiger partial charge in [0.15, 0.2) is 5.78 Å². The van der Waals surface area contributed by atoms with E-state index >= 15 is 0 Å². The smallest absolute Gasteiger partial charge is 0.242 e. The molecular formula is C15H25N3O2. The van der Waals surface area contributed by atoms with Gasteiger partial charge in [-0.3, -0.25) is 14.3 Å². The Morgan fingerprint density at radius 1 is 1.30 bits per heavy atom. The summed E-state index contributed by atoms with van der Waals surface area (Å²) in [6.45, 7) is 9.60. The van der Waals surface area contributed by atoms with Crippen LogP contribution in [0.4, 0.5) is 0 Å². The van der Waals surface area contributed by atoms with Gasteiger partial charge in [0.2, 0.25) is 5.91 Å². The number of carbonyl (C=O) groups excluding carboxylic acids is 2. The molecule has 0 saturated heterocycles. The van der Waals surface area contributed by atoms with E-state index in [9.17, 15) is 9.59 Å². The number of amides is 1. The van der Waals surface area contributed by atoms with Crippen LogP contribution in [0.5, 0.6) is 0 Å². The molecule has 0 radical (unpaired) electrons. The van der Waals surface area contributed by atoms with Crippen LogP contribution in [0.15, 0.2) is 6.07 Å². The summed E-state index contributed by atoms with van der Waals surface area (Å²) < 4.78 is 1.73. The SMILES string of the molecule is CCc1cc(CC)n(CC(=O)NC(C(C)=O)C(C)C)n1. The lowest BCUT2D eigenvalue weighted by Crippen LogP contribution is -2.44. The summed E-state index contributed by atoms with van der Waals surface area (Å²) in [5.41, 5.74) is 2.03. The number of Topliss-reactive ketones (excluding diaryl/α,β-unsaturated/α-hetero) is 1. The lowest BCUT2D eigenvalue weighted by molar-refractivity contribution is -0.128. The Bertz CT molecular complexity index is 477. The molecule has 1 rings (SSSR count). The molecule has 20 heavy (non-hydrogen) atoms. The fourth-order valence-corrected chi connectivity index (χ4v) is 2.20. The van der Waals surface area contributed by atoms with Gasteiger partial charge in [-0.15, -0.1) is 0 Å². The van der Waals surface area contributed by atoms with Crippen molar-refractivity contribution in [1.29, 1.82) is 0 Å². The summed E-state index contributed by atoms with van der Waals surface area (Å²) in [6, 6.07) is 1.60. The number of hydrogen-bond acceptors (Lipinski definition) is 3. The van der Waals surface area contributed by atoms with E-state index in [0.29, 0.717) is 0 Å². The van der Waals surface area contributed by atoms with Gasteiger partial charge < -0.3 is 5.32 Å². The number of aromatic nitrogens is 2. The minimum absolute atomic E-state index is 0.0150. The lowest BCUT2D eigenvalue weighted by atomic mass is 10.0. The van der Waals surface area contributed by atoms with Crippen LogP contribution in [-0.4, -0.2) is 27.5 Å². The summed E-state index contributed by atoms with van der Waals surface area (Å²) in [4.78, 5) is 23.6. The molecule has 1 N–H and O–H groups in total. The van der Waals surface area contributed by atoms with Crippen LogP contribution in [-0.2, 0) is 29.0 Å². The fourth-order valence-electron chi connectivity index (χ4n) is 2.20. The van der Waals surface area contributed by atoms with E-state index in [0.717, 1.165) is 24.2 Å². The number of aryl methyl sites for hydroxylation is 2. The van der Waals surface area contributed by atoms with Gasteiger partial charge in [-0.05, 0) is 31.7 Å². The van der Waals surface area contributed by atoms with E-state index in [2.05, 4.69) is 10.4 Å². The molecule has 1 atom stereocenters.